The number of hydrogen-bond acceptors (Lipinski definition) is 4. The second-order valence-electron chi connectivity index (χ2n) is 5.02. The van der Waals surface area contributed by atoms with Gasteiger partial charge in [-0.05, 0) is 25.5 Å². The predicted octanol–water partition coefficient (Wildman–Crippen LogP) is 3.64. The van der Waals surface area contributed by atoms with Crippen molar-refractivity contribution in [3.05, 3.63) is 46.2 Å². The fraction of sp³-hybridized carbons (Fsp3) is 0.312. The lowest BCUT2D eigenvalue weighted by molar-refractivity contribution is 0.0985. The zero-order chi connectivity index (χ0) is 14.8. The van der Waals surface area contributed by atoms with Gasteiger partial charge in [0.25, 0.3) is 0 Å². The van der Waals surface area contributed by atoms with E-state index in [0.717, 1.165) is 34.8 Å². The Morgan fingerprint density at radius 2 is 2.10 bits per heavy atom. The molecule has 3 aromatic rings. The van der Waals surface area contributed by atoms with Crippen LogP contribution in [0.25, 0.3) is 11.0 Å². The Hall–Kier alpha value is -2.01. The maximum Gasteiger partial charge on any atom is 0.189 e. The van der Waals surface area contributed by atoms with Crippen molar-refractivity contribution in [3.63, 3.8) is 0 Å². The number of carbonyl (C=O) groups excluding carboxylic acids is 1. The summed E-state index contributed by atoms with van der Waals surface area (Å²) in [5.74, 6) is 0.862. The summed E-state index contributed by atoms with van der Waals surface area (Å²) in [6.07, 6.45) is 1.31. The van der Waals surface area contributed by atoms with Crippen LogP contribution in [0.3, 0.4) is 0 Å². The maximum atomic E-state index is 12.4. The summed E-state index contributed by atoms with van der Waals surface area (Å²) in [7, 11) is 0. The Morgan fingerprint density at radius 3 is 2.81 bits per heavy atom. The molecule has 0 aliphatic rings. The minimum atomic E-state index is 0.0343. The largest absolute Gasteiger partial charge is 0.328 e. The Labute approximate surface area is 127 Å². The number of rotatable bonds is 5. The lowest BCUT2D eigenvalue weighted by Crippen LogP contribution is -2.11. The van der Waals surface area contributed by atoms with Crippen LogP contribution < -0.4 is 0 Å². The number of benzene rings is 1. The number of carbonyl (C=O) groups is 1. The van der Waals surface area contributed by atoms with Gasteiger partial charge in [-0.15, -0.1) is 11.3 Å². The van der Waals surface area contributed by atoms with Crippen LogP contribution in [0.2, 0.25) is 0 Å². The van der Waals surface area contributed by atoms with Crippen LogP contribution >= 0.6 is 11.3 Å². The number of nitrogens with zero attached hydrogens (tertiary/aromatic N) is 3. The second-order valence-corrected chi connectivity index (χ2v) is 6.08. The van der Waals surface area contributed by atoms with Crippen molar-refractivity contribution < 1.29 is 4.79 Å². The van der Waals surface area contributed by atoms with Crippen molar-refractivity contribution in [2.24, 2.45) is 0 Å². The minimum absolute atomic E-state index is 0.0343. The van der Waals surface area contributed by atoms with Gasteiger partial charge in [0, 0.05) is 11.9 Å². The summed E-state index contributed by atoms with van der Waals surface area (Å²) in [6.45, 7) is 4.91. The molecule has 108 valence electrons. The maximum absolute atomic E-state index is 12.4. The molecule has 0 N–H and O–H groups in total. The Kier molecular flexibility index (Phi) is 3.84. The van der Waals surface area contributed by atoms with E-state index in [4.69, 9.17) is 0 Å². The molecule has 0 atom stereocenters. The van der Waals surface area contributed by atoms with Crippen LogP contribution in [0.4, 0.5) is 0 Å². The summed E-state index contributed by atoms with van der Waals surface area (Å²) in [4.78, 5) is 21.2. The normalized spacial score (nSPS) is 11.1. The van der Waals surface area contributed by atoms with Gasteiger partial charge in [-0.25, -0.2) is 9.97 Å². The number of Topliss-reactive ketones (excluding diaryl/α,β-unsaturated/α-hetero) is 1. The van der Waals surface area contributed by atoms with Crippen molar-refractivity contribution in [2.75, 3.05) is 0 Å². The Morgan fingerprint density at radius 1 is 1.29 bits per heavy atom. The number of hydrogen-bond donors (Lipinski definition) is 0. The van der Waals surface area contributed by atoms with Crippen LogP contribution in [0.5, 0.6) is 0 Å². The van der Waals surface area contributed by atoms with E-state index in [1.807, 2.05) is 30.5 Å². The quantitative estimate of drug-likeness (QED) is 0.676. The zero-order valence-corrected chi connectivity index (χ0v) is 13.0. The number of ketones is 1. The van der Waals surface area contributed by atoms with Gasteiger partial charge in [0.2, 0.25) is 0 Å². The van der Waals surface area contributed by atoms with Crippen LogP contribution in [-0.4, -0.2) is 20.3 Å². The first-order chi connectivity index (χ1) is 10.2. The van der Waals surface area contributed by atoms with Gasteiger partial charge < -0.3 is 4.57 Å². The molecule has 5 heteroatoms. The molecule has 0 radical (unpaired) electrons. The van der Waals surface area contributed by atoms with Gasteiger partial charge in [0.05, 0.1) is 22.5 Å². The fourth-order valence-corrected chi connectivity index (χ4v) is 3.08. The highest BCUT2D eigenvalue weighted by Crippen LogP contribution is 2.18. The Bertz CT molecular complexity index is 788. The second kappa shape index (κ2) is 5.77. The smallest absolute Gasteiger partial charge is 0.189 e. The van der Waals surface area contributed by atoms with Gasteiger partial charge in [-0.2, -0.15) is 0 Å². The molecular formula is C16H17N3OS. The van der Waals surface area contributed by atoms with E-state index >= 15 is 0 Å². The summed E-state index contributed by atoms with van der Waals surface area (Å²) in [5, 5.41) is 2.74. The average Bonchev–Trinajstić information content (AvgIpc) is 3.04. The molecule has 0 fully saturated rings. The van der Waals surface area contributed by atoms with Crippen LogP contribution in [0.1, 0.15) is 34.7 Å². The first-order valence-corrected chi connectivity index (χ1v) is 7.96. The van der Waals surface area contributed by atoms with E-state index in [0.29, 0.717) is 12.1 Å². The molecule has 0 amide bonds. The summed E-state index contributed by atoms with van der Waals surface area (Å²) in [5.41, 5.74) is 2.59. The van der Waals surface area contributed by atoms with Crippen molar-refractivity contribution >= 4 is 28.2 Å². The molecule has 0 unspecified atom stereocenters. The van der Waals surface area contributed by atoms with Gasteiger partial charge in [0.1, 0.15) is 11.5 Å². The first-order valence-electron chi connectivity index (χ1n) is 7.08. The van der Waals surface area contributed by atoms with Crippen molar-refractivity contribution in [1.29, 1.82) is 0 Å². The number of para-hydroxylation sites is 2. The van der Waals surface area contributed by atoms with E-state index in [1.165, 1.54) is 11.3 Å². The highest BCUT2D eigenvalue weighted by molar-refractivity contribution is 7.09. The third kappa shape index (κ3) is 2.74. The van der Waals surface area contributed by atoms with Gasteiger partial charge >= 0.3 is 0 Å². The number of thiazole rings is 1. The molecule has 0 spiro atoms. The lowest BCUT2D eigenvalue weighted by atomic mass is 10.2. The van der Waals surface area contributed by atoms with E-state index in [9.17, 15) is 4.79 Å². The van der Waals surface area contributed by atoms with E-state index in [-0.39, 0.29) is 5.78 Å². The minimum Gasteiger partial charge on any atom is -0.328 e. The van der Waals surface area contributed by atoms with Gasteiger partial charge in [-0.1, -0.05) is 19.1 Å². The molecule has 3 rings (SSSR count). The van der Waals surface area contributed by atoms with E-state index < -0.39 is 0 Å². The predicted molar refractivity (Wildman–Crippen MR) is 84.9 cm³/mol. The molecule has 21 heavy (non-hydrogen) atoms. The average molecular weight is 299 g/mol. The van der Waals surface area contributed by atoms with Crippen LogP contribution in [-0.2, 0) is 13.0 Å². The molecule has 2 aromatic heterocycles. The molecule has 2 heterocycles. The highest BCUT2D eigenvalue weighted by Gasteiger charge is 2.16. The molecular weight excluding hydrogens is 282 g/mol. The summed E-state index contributed by atoms with van der Waals surface area (Å²) >= 11 is 1.50. The number of fused-ring (bicyclic) bond motifs is 1. The SMILES string of the molecule is CCCn1c(CC(=O)c2csc(C)n2)nc2ccccc21. The molecule has 1 aromatic carbocycles. The van der Waals surface area contributed by atoms with Crippen molar-refractivity contribution in [2.45, 2.75) is 33.2 Å². The van der Waals surface area contributed by atoms with Gasteiger partial charge in [-0.3, -0.25) is 4.79 Å². The van der Waals surface area contributed by atoms with E-state index in [2.05, 4.69) is 27.5 Å². The van der Waals surface area contributed by atoms with Crippen LogP contribution in [0, 0.1) is 6.92 Å². The molecule has 0 saturated carbocycles. The van der Waals surface area contributed by atoms with Crippen LogP contribution in [0.15, 0.2) is 29.6 Å². The third-order valence-electron chi connectivity index (χ3n) is 3.40. The summed E-state index contributed by atoms with van der Waals surface area (Å²) in [6, 6.07) is 8.02. The van der Waals surface area contributed by atoms with E-state index in [1.54, 1.807) is 0 Å². The topological polar surface area (TPSA) is 47.8 Å². The number of aryl methyl sites for hydroxylation is 2. The number of aromatic nitrogens is 3. The number of imidazole rings is 1. The molecule has 0 bridgehead atoms. The monoisotopic (exact) mass is 299 g/mol. The van der Waals surface area contributed by atoms with Crippen molar-refractivity contribution in [3.8, 4) is 0 Å². The van der Waals surface area contributed by atoms with Crippen molar-refractivity contribution in [1.82, 2.24) is 14.5 Å². The fourth-order valence-electron chi connectivity index (χ4n) is 2.46. The molecule has 0 aliphatic carbocycles. The van der Waals surface area contributed by atoms with Gasteiger partial charge in [0.15, 0.2) is 5.78 Å². The zero-order valence-electron chi connectivity index (χ0n) is 12.2. The summed E-state index contributed by atoms with van der Waals surface area (Å²) < 4.78 is 2.15. The standard InChI is InChI=1S/C16H17N3OS/c1-3-8-19-14-7-5-4-6-12(14)18-16(19)9-15(20)13-10-21-11(2)17-13/h4-7,10H,3,8-9H2,1-2H3. The first kappa shape index (κ1) is 13.9. The Balaban J connectivity index is 1.96. The highest BCUT2D eigenvalue weighted by atomic mass is 32.1. The molecule has 4 nitrogen and oxygen atoms in total. The molecule has 0 aliphatic heterocycles. The third-order valence-corrected chi connectivity index (χ3v) is 4.18. The molecule has 0 saturated heterocycles. The lowest BCUT2D eigenvalue weighted by Gasteiger charge is -2.06.